The average Bonchev–Trinajstić information content (AvgIpc) is 2.37. The molecule has 1 rings (SSSR count). The molecule has 1 aromatic rings. The number of hydrogen-bond acceptors (Lipinski definition) is 6. The zero-order valence-corrected chi connectivity index (χ0v) is 14.2. The van der Waals surface area contributed by atoms with Crippen LogP contribution in [-0.2, 0) is 20.0 Å². The molecule has 0 N–H and O–H groups in total. The van der Waals surface area contributed by atoms with Crippen molar-refractivity contribution in [2.75, 3.05) is 6.61 Å². The normalized spacial score (nSPS) is 12.4. The first kappa shape index (κ1) is 26.2. The molecule has 1 heterocycles. The summed E-state index contributed by atoms with van der Waals surface area (Å²) in [5.74, 6) is 0.694. The van der Waals surface area contributed by atoms with Crippen LogP contribution in [0.5, 0.6) is 5.88 Å². The van der Waals surface area contributed by atoms with Crippen LogP contribution < -0.4 is 23.6 Å². The van der Waals surface area contributed by atoms with E-state index in [1.54, 1.807) is 6.20 Å². The Hall–Kier alpha value is -1.01. The Morgan fingerprint density at radius 2 is 1.44 bits per heavy atom. The van der Waals surface area contributed by atoms with Gasteiger partial charge in [-0.25, -0.2) is 21.8 Å². The molecule has 1 aromatic heterocycles. The molecule has 0 aliphatic carbocycles. The number of sulfonamides is 2. The van der Waals surface area contributed by atoms with Gasteiger partial charge in [-0.05, 0) is 13.0 Å². The second kappa shape index (κ2) is 9.62. The van der Waals surface area contributed by atoms with Crippen LogP contribution in [0.1, 0.15) is 6.92 Å². The first-order chi connectivity index (χ1) is 10.6. The molecule has 25 heavy (non-hydrogen) atoms. The van der Waals surface area contributed by atoms with E-state index in [1.165, 1.54) is 0 Å². The Morgan fingerprint density at radius 1 is 1.00 bits per heavy atom. The molecule has 0 aliphatic rings. The van der Waals surface area contributed by atoms with Gasteiger partial charge in [0.25, 0.3) is 0 Å². The zero-order chi connectivity index (χ0) is 19.2. The van der Waals surface area contributed by atoms with Gasteiger partial charge < -0.3 is 8.86 Å². The van der Waals surface area contributed by atoms with Gasteiger partial charge in [0.2, 0.25) is 5.88 Å². The number of hydrogen-bond donors (Lipinski definition) is 0. The Kier molecular flexibility index (Phi) is 10.1. The van der Waals surface area contributed by atoms with Crippen LogP contribution in [0.15, 0.2) is 24.4 Å². The standard InChI is InChI=1S/C7H9NO.C2F6NO4S2.Li/c1-2-9-7-5-3-4-6-8-7;3-1(4,5)14(10,11)9-15(12,13)2(6,7)8;/h3-6H,2H2,1H3;;/q;-1;+1. The van der Waals surface area contributed by atoms with E-state index in [0.29, 0.717) is 12.5 Å². The van der Waals surface area contributed by atoms with Crippen LogP contribution >= 0.6 is 0 Å². The topological polar surface area (TPSA) is 104 Å². The number of nitrogens with zero attached hydrogens (tertiary/aromatic N) is 2. The molecule has 0 fully saturated rings. The quantitative estimate of drug-likeness (QED) is 0.492. The van der Waals surface area contributed by atoms with Gasteiger partial charge in [0, 0.05) is 12.3 Å². The first-order valence-electron chi connectivity index (χ1n) is 5.54. The monoisotopic (exact) mass is 410 g/mol. The summed E-state index contributed by atoms with van der Waals surface area (Å²) in [6, 6.07) is 5.60. The number of alkyl halides is 6. The molecule has 140 valence electrons. The van der Waals surface area contributed by atoms with Crippen LogP contribution in [0.4, 0.5) is 26.3 Å². The zero-order valence-electron chi connectivity index (χ0n) is 12.5. The summed E-state index contributed by atoms with van der Waals surface area (Å²) in [5, 5.41) is 0. The molecule has 7 nitrogen and oxygen atoms in total. The number of pyridine rings is 1. The molecule has 0 bridgehead atoms. The van der Waals surface area contributed by atoms with Crippen molar-refractivity contribution in [3.63, 3.8) is 0 Å². The maximum absolute atomic E-state index is 11.4. The first-order valence-corrected chi connectivity index (χ1v) is 8.42. The van der Waals surface area contributed by atoms with E-state index in [2.05, 4.69) is 4.98 Å². The molecule has 0 saturated heterocycles. The predicted molar refractivity (Wildman–Crippen MR) is 68.7 cm³/mol. The van der Waals surface area contributed by atoms with Gasteiger partial charge in [-0.15, -0.1) is 0 Å². The second-order valence-corrected chi connectivity index (χ2v) is 6.94. The van der Waals surface area contributed by atoms with Crippen molar-refractivity contribution >= 4 is 20.0 Å². The van der Waals surface area contributed by atoms with Gasteiger partial charge in [-0.2, -0.15) is 26.3 Å². The van der Waals surface area contributed by atoms with Crippen LogP contribution in [0, 0.1) is 0 Å². The molecule has 0 saturated carbocycles. The van der Waals surface area contributed by atoms with E-state index in [0.717, 1.165) is 4.13 Å². The molecule has 0 unspecified atom stereocenters. The van der Waals surface area contributed by atoms with Crippen molar-refractivity contribution in [2.24, 2.45) is 0 Å². The minimum Gasteiger partial charge on any atom is -0.478 e. The maximum atomic E-state index is 11.4. The smallest absolute Gasteiger partial charge is 0.478 e. The van der Waals surface area contributed by atoms with Gasteiger partial charge in [-0.3, -0.25) is 0 Å². The summed E-state index contributed by atoms with van der Waals surface area (Å²) in [5.41, 5.74) is -12.4. The minimum atomic E-state index is -6.72. The summed E-state index contributed by atoms with van der Waals surface area (Å²) in [6.07, 6.45) is 1.71. The Bertz CT molecular complexity index is 679. The van der Waals surface area contributed by atoms with Crippen LogP contribution in [0.2, 0.25) is 0 Å². The van der Waals surface area contributed by atoms with Crippen LogP contribution in [0.3, 0.4) is 0 Å². The predicted octanol–water partition coefficient (Wildman–Crippen LogP) is -0.456. The van der Waals surface area contributed by atoms with E-state index in [9.17, 15) is 43.2 Å². The van der Waals surface area contributed by atoms with Gasteiger partial charge in [0.15, 0.2) is 20.0 Å². The summed E-state index contributed by atoms with van der Waals surface area (Å²) in [6.45, 7) is 2.62. The fraction of sp³-hybridized carbons (Fsp3) is 0.444. The number of ether oxygens (including phenoxy) is 1. The molecular weight excluding hydrogens is 401 g/mol. The van der Waals surface area contributed by atoms with Crippen LogP contribution in [-0.4, -0.2) is 39.4 Å². The van der Waals surface area contributed by atoms with Crippen molar-refractivity contribution in [2.45, 2.75) is 17.9 Å². The summed E-state index contributed by atoms with van der Waals surface area (Å²) in [7, 11) is -13.4. The number of aromatic nitrogens is 1. The van der Waals surface area contributed by atoms with E-state index in [4.69, 9.17) is 4.74 Å². The second-order valence-electron chi connectivity index (χ2n) is 3.52. The molecule has 0 radical (unpaired) electrons. The molecule has 16 heteroatoms. The third kappa shape index (κ3) is 8.77. The third-order valence-corrected chi connectivity index (χ3v) is 4.45. The third-order valence-electron chi connectivity index (χ3n) is 1.71. The molecule has 0 amide bonds. The van der Waals surface area contributed by atoms with Gasteiger partial charge >= 0.3 is 29.9 Å². The van der Waals surface area contributed by atoms with E-state index in [-0.39, 0.29) is 18.9 Å². The Morgan fingerprint density at radius 3 is 1.72 bits per heavy atom. The summed E-state index contributed by atoms with van der Waals surface area (Å²) >= 11 is 0. The van der Waals surface area contributed by atoms with Crippen LogP contribution in [0.25, 0.3) is 4.13 Å². The minimum absolute atomic E-state index is 0. The number of halogens is 6. The molecule has 0 spiro atoms. The Balaban J connectivity index is 0. The van der Waals surface area contributed by atoms with Crippen molar-refractivity contribution in [1.29, 1.82) is 0 Å². The average molecular weight is 410 g/mol. The van der Waals surface area contributed by atoms with Gasteiger partial charge in [-0.1, -0.05) is 6.07 Å². The summed E-state index contributed by atoms with van der Waals surface area (Å²) in [4.78, 5) is 3.95. The molecule has 0 aliphatic heterocycles. The molecule has 0 aromatic carbocycles. The SMILES string of the molecule is CCOc1ccccn1.O=S(=O)([N-]S(=O)(=O)C(F)(F)F)C(F)(F)F.[Li+]. The molecule has 0 atom stereocenters. The van der Waals surface area contributed by atoms with E-state index < -0.39 is 31.1 Å². The van der Waals surface area contributed by atoms with Gasteiger partial charge in [0.05, 0.1) is 6.61 Å². The Labute approximate surface area is 151 Å². The van der Waals surface area contributed by atoms with Crippen molar-refractivity contribution in [3.8, 4) is 5.88 Å². The summed E-state index contributed by atoms with van der Waals surface area (Å²) < 4.78 is 114. The fourth-order valence-corrected chi connectivity index (χ4v) is 2.50. The maximum Gasteiger partial charge on any atom is 1.00 e. The van der Waals surface area contributed by atoms with Gasteiger partial charge in [0.1, 0.15) is 0 Å². The fourth-order valence-electron chi connectivity index (χ4n) is 0.794. The van der Waals surface area contributed by atoms with Crippen molar-refractivity contribution in [3.05, 3.63) is 28.5 Å². The van der Waals surface area contributed by atoms with Crippen molar-refractivity contribution in [1.82, 2.24) is 4.98 Å². The number of rotatable bonds is 4. The van der Waals surface area contributed by atoms with Crippen molar-refractivity contribution < 1.29 is 66.8 Å². The molecular formula is C9H9F6LiN2O5S2. The largest absolute Gasteiger partial charge is 1.00 e. The van der Waals surface area contributed by atoms with E-state index in [1.807, 2.05) is 25.1 Å². The van der Waals surface area contributed by atoms with E-state index >= 15 is 0 Å².